The average molecular weight is 485 g/mol. The summed E-state index contributed by atoms with van der Waals surface area (Å²) in [5, 5.41) is 2.56. The van der Waals surface area contributed by atoms with Crippen molar-refractivity contribution in [3.05, 3.63) is 61.7 Å². The Hall–Kier alpha value is -4.47. The van der Waals surface area contributed by atoms with Crippen molar-refractivity contribution >= 4 is 23.5 Å². The normalized spacial score (nSPS) is 13.8. The fourth-order valence-electron chi connectivity index (χ4n) is 3.07. The Morgan fingerprint density at radius 2 is 1.49 bits per heavy atom. The van der Waals surface area contributed by atoms with Crippen molar-refractivity contribution in [2.75, 3.05) is 39.9 Å². The minimum absolute atomic E-state index is 0.204. The number of carbonyl (C=O) groups is 3. The SMILES string of the molecule is C=CC(=O)NC1CN(c2cc(OC)c(OC)c(OC)c2)C1=O.C=CC(=O)Oc1ccccc1OC. The molecule has 186 valence electrons. The summed E-state index contributed by atoms with van der Waals surface area (Å²) >= 11 is 0. The van der Waals surface area contributed by atoms with Gasteiger partial charge in [-0.2, -0.15) is 0 Å². The lowest BCUT2D eigenvalue weighted by Crippen LogP contribution is -2.64. The van der Waals surface area contributed by atoms with E-state index >= 15 is 0 Å². The molecule has 1 aliphatic rings. The van der Waals surface area contributed by atoms with Crippen LogP contribution in [0.4, 0.5) is 5.69 Å². The Labute approximate surface area is 203 Å². The molecule has 0 aliphatic carbocycles. The van der Waals surface area contributed by atoms with Crippen LogP contribution in [-0.2, 0) is 14.4 Å². The fourth-order valence-corrected chi connectivity index (χ4v) is 3.07. The van der Waals surface area contributed by atoms with Crippen molar-refractivity contribution in [3.63, 3.8) is 0 Å². The molecule has 0 radical (unpaired) electrons. The number of rotatable bonds is 9. The second-order valence-electron chi connectivity index (χ2n) is 6.87. The standard InChI is InChI=1S/C15H18N2O5.C10H10O3/c1-5-13(18)16-10-8-17(15(10)19)9-6-11(20-2)14(22-4)12(7-9)21-3;1-3-10(11)13-9-7-5-4-6-8(9)12-2/h5-7,10H,1,8H2,2-4H3,(H,16,18);3-7H,1H2,2H3. The third kappa shape index (κ3) is 6.53. The predicted octanol–water partition coefficient (Wildman–Crippen LogP) is 2.52. The lowest BCUT2D eigenvalue weighted by atomic mass is 10.1. The molecule has 0 bridgehead atoms. The smallest absolute Gasteiger partial charge is 0.335 e. The number of nitrogens with one attached hydrogen (secondary N) is 1. The lowest BCUT2D eigenvalue weighted by Gasteiger charge is -2.38. The maximum absolute atomic E-state index is 12.1. The molecule has 1 N–H and O–H groups in total. The maximum Gasteiger partial charge on any atom is 0.335 e. The molecule has 2 aromatic rings. The number of β-lactam (4-membered cyclic amide) rings is 1. The molecule has 1 unspecified atom stereocenters. The summed E-state index contributed by atoms with van der Waals surface area (Å²) in [6.07, 6.45) is 2.24. The number of methoxy groups -OCH3 is 4. The van der Waals surface area contributed by atoms with Crippen molar-refractivity contribution in [1.82, 2.24) is 5.32 Å². The summed E-state index contributed by atoms with van der Waals surface area (Å²) in [6, 6.07) is 9.75. The van der Waals surface area contributed by atoms with Crippen LogP contribution in [0.25, 0.3) is 0 Å². The van der Waals surface area contributed by atoms with Crippen molar-refractivity contribution in [1.29, 1.82) is 0 Å². The van der Waals surface area contributed by atoms with Gasteiger partial charge >= 0.3 is 5.97 Å². The second-order valence-corrected chi connectivity index (χ2v) is 6.87. The van der Waals surface area contributed by atoms with Crippen molar-refractivity contribution in [2.24, 2.45) is 0 Å². The zero-order valence-electron chi connectivity index (χ0n) is 20.0. The first-order valence-corrected chi connectivity index (χ1v) is 10.3. The van der Waals surface area contributed by atoms with Crippen LogP contribution in [0.3, 0.4) is 0 Å². The first kappa shape index (κ1) is 26.8. The molecule has 1 fully saturated rings. The highest BCUT2D eigenvalue weighted by molar-refractivity contribution is 6.06. The molecule has 1 atom stereocenters. The van der Waals surface area contributed by atoms with Gasteiger partial charge < -0.3 is 33.9 Å². The first-order valence-electron chi connectivity index (χ1n) is 10.3. The third-order valence-electron chi connectivity index (χ3n) is 4.84. The molecule has 1 aliphatic heterocycles. The molecule has 3 rings (SSSR count). The largest absolute Gasteiger partial charge is 0.493 e. The Kier molecular flexibility index (Phi) is 9.71. The summed E-state index contributed by atoms with van der Waals surface area (Å²) in [5.74, 6) is 1.23. The zero-order valence-corrected chi connectivity index (χ0v) is 20.0. The van der Waals surface area contributed by atoms with Gasteiger partial charge in [0.2, 0.25) is 11.7 Å². The summed E-state index contributed by atoms with van der Waals surface area (Å²) in [5.41, 5.74) is 0.614. The summed E-state index contributed by atoms with van der Waals surface area (Å²) < 4.78 is 25.6. The number of carbonyl (C=O) groups excluding carboxylic acids is 3. The monoisotopic (exact) mass is 484 g/mol. The van der Waals surface area contributed by atoms with Gasteiger partial charge in [0.15, 0.2) is 23.0 Å². The molecule has 1 saturated heterocycles. The summed E-state index contributed by atoms with van der Waals surface area (Å²) in [6.45, 7) is 7.02. The molecule has 2 amide bonds. The van der Waals surface area contributed by atoms with Crippen molar-refractivity contribution in [3.8, 4) is 28.7 Å². The van der Waals surface area contributed by atoms with Crippen LogP contribution in [0.5, 0.6) is 28.7 Å². The van der Waals surface area contributed by atoms with E-state index in [1.807, 2.05) is 0 Å². The van der Waals surface area contributed by atoms with E-state index in [1.54, 1.807) is 36.4 Å². The first-order chi connectivity index (χ1) is 16.8. The number of benzene rings is 2. The van der Waals surface area contributed by atoms with Gasteiger partial charge in [0.1, 0.15) is 6.04 Å². The lowest BCUT2D eigenvalue weighted by molar-refractivity contribution is -0.129. The highest BCUT2D eigenvalue weighted by Gasteiger charge is 2.39. The van der Waals surface area contributed by atoms with Crippen molar-refractivity contribution in [2.45, 2.75) is 6.04 Å². The van der Waals surface area contributed by atoms with Gasteiger partial charge in [-0.3, -0.25) is 9.59 Å². The highest BCUT2D eigenvalue weighted by atomic mass is 16.6. The van der Waals surface area contributed by atoms with Gasteiger partial charge in [-0.25, -0.2) is 4.79 Å². The van der Waals surface area contributed by atoms with E-state index in [2.05, 4.69) is 18.5 Å². The number of anilines is 1. The number of nitrogens with zero attached hydrogens (tertiary/aromatic N) is 1. The van der Waals surface area contributed by atoms with E-state index in [4.69, 9.17) is 23.7 Å². The molecule has 10 nitrogen and oxygen atoms in total. The average Bonchev–Trinajstić information content (AvgIpc) is 2.89. The molecule has 10 heteroatoms. The van der Waals surface area contributed by atoms with E-state index in [0.29, 0.717) is 41.0 Å². The molecular weight excluding hydrogens is 456 g/mol. The Balaban J connectivity index is 0.000000283. The van der Waals surface area contributed by atoms with Crippen LogP contribution >= 0.6 is 0 Å². The molecule has 0 saturated carbocycles. The molecule has 35 heavy (non-hydrogen) atoms. The quantitative estimate of drug-likeness (QED) is 0.250. The Morgan fingerprint density at radius 3 is 1.94 bits per heavy atom. The van der Waals surface area contributed by atoms with Gasteiger partial charge in [-0.1, -0.05) is 25.3 Å². The zero-order chi connectivity index (χ0) is 26.0. The number of hydrogen-bond donors (Lipinski definition) is 1. The Bertz CT molecular complexity index is 1070. The number of esters is 1. The van der Waals surface area contributed by atoms with Gasteiger partial charge in [-0.15, -0.1) is 0 Å². The van der Waals surface area contributed by atoms with Gasteiger partial charge in [0, 0.05) is 18.2 Å². The van der Waals surface area contributed by atoms with Gasteiger partial charge in [-0.05, 0) is 18.2 Å². The van der Waals surface area contributed by atoms with Gasteiger partial charge in [0.05, 0.1) is 40.7 Å². The number of amides is 2. The minimum atomic E-state index is -0.537. The second kappa shape index (κ2) is 12.7. The summed E-state index contributed by atoms with van der Waals surface area (Å²) in [4.78, 5) is 35.7. The maximum atomic E-state index is 12.1. The molecular formula is C25H28N2O8. The van der Waals surface area contributed by atoms with Crippen molar-refractivity contribution < 1.29 is 38.1 Å². The number of para-hydroxylation sites is 2. The molecule has 0 spiro atoms. The molecule has 0 aromatic heterocycles. The minimum Gasteiger partial charge on any atom is -0.493 e. The topological polar surface area (TPSA) is 113 Å². The third-order valence-corrected chi connectivity index (χ3v) is 4.84. The van der Waals surface area contributed by atoms with Crippen LogP contribution < -0.4 is 33.9 Å². The van der Waals surface area contributed by atoms with E-state index in [1.165, 1.54) is 33.3 Å². The summed E-state index contributed by atoms with van der Waals surface area (Å²) in [7, 11) is 6.04. The van der Waals surface area contributed by atoms with Crippen LogP contribution in [-0.4, -0.2) is 58.8 Å². The molecule has 2 aromatic carbocycles. The van der Waals surface area contributed by atoms with Crippen LogP contribution in [0.15, 0.2) is 61.7 Å². The number of ether oxygens (including phenoxy) is 5. The van der Waals surface area contributed by atoms with E-state index in [0.717, 1.165) is 12.2 Å². The fraction of sp³-hybridized carbons (Fsp3) is 0.240. The van der Waals surface area contributed by atoms with Crippen LogP contribution in [0, 0.1) is 0 Å². The van der Waals surface area contributed by atoms with E-state index in [-0.39, 0.29) is 11.8 Å². The van der Waals surface area contributed by atoms with Crippen LogP contribution in [0.2, 0.25) is 0 Å². The molecule has 1 heterocycles. The Morgan fingerprint density at radius 1 is 0.914 bits per heavy atom. The van der Waals surface area contributed by atoms with E-state index in [9.17, 15) is 14.4 Å². The number of hydrogen-bond acceptors (Lipinski definition) is 8. The predicted molar refractivity (Wildman–Crippen MR) is 129 cm³/mol. The van der Waals surface area contributed by atoms with E-state index < -0.39 is 12.0 Å². The van der Waals surface area contributed by atoms with Crippen LogP contribution in [0.1, 0.15) is 0 Å². The highest BCUT2D eigenvalue weighted by Crippen LogP contribution is 2.42. The van der Waals surface area contributed by atoms with Gasteiger partial charge in [0.25, 0.3) is 5.91 Å².